The molecule has 7 nitrogen and oxygen atoms in total. The molecule has 7 heteroatoms. The lowest BCUT2D eigenvalue weighted by molar-refractivity contribution is -0.123. The fourth-order valence-corrected chi connectivity index (χ4v) is 3.49. The molecule has 0 unspecified atom stereocenters. The van der Waals surface area contributed by atoms with Gasteiger partial charge in [0.2, 0.25) is 0 Å². The van der Waals surface area contributed by atoms with Crippen LogP contribution < -0.4 is 0 Å². The minimum absolute atomic E-state index is 0.0748. The maximum atomic E-state index is 12.2. The van der Waals surface area contributed by atoms with Crippen LogP contribution in [0, 0.1) is 5.41 Å². The van der Waals surface area contributed by atoms with Crippen molar-refractivity contribution in [3.05, 3.63) is 36.0 Å². The molecule has 3 N–H and O–H groups in total. The van der Waals surface area contributed by atoms with Crippen molar-refractivity contribution in [2.24, 2.45) is 10.6 Å². The molecule has 2 rings (SSSR count). The molecule has 0 aliphatic heterocycles. The smallest absolute Gasteiger partial charge is 0.175 e. The zero-order valence-electron chi connectivity index (χ0n) is 18.5. The van der Waals surface area contributed by atoms with Gasteiger partial charge in [-0.1, -0.05) is 44.1 Å². The third-order valence-electron chi connectivity index (χ3n) is 5.02. The number of methoxy groups -OCH3 is 1. The van der Waals surface area contributed by atoms with Crippen molar-refractivity contribution in [3.8, 4) is 0 Å². The topological polar surface area (TPSA) is 104 Å². The molecule has 0 saturated carbocycles. The zero-order chi connectivity index (χ0) is 22.3. The Morgan fingerprint density at radius 1 is 1.23 bits per heavy atom. The molecule has 0 saturated heterocycles. The van der Waals surface area contributed by atoms with Crippen LogP contribution in [0.2, 0.25) is 0 Å². The van der Waals surface area contributed by atoms with Gasteiger partial charge in [0, 0.05) is 30.6 Å². The second-order valence-electron chi connectivity index (χ2n) is 8.71. The molecule has 0 amide bonds. The number of oxime groups is 1. The quantitative estimate of drug-likeness (QED) is 0.384. The number of aromatic nitrogens is 1. The minimum Gasteiger partial charge on any atom is -0.390 e. The van der Waals surface area contributed by atoms with Crippen LogP contribution in [0.25, 0.3) is 10.9 Å². The second kappa shape index (κ2) is 10.7. The zero-order valence-corrected chi connectivity index (χ0v) is 18.5. The third kappa shape index (κ3) is 6.39. The Morgan fingerprint density at radius 3 is 2.57 bits per heavy atom. The van der Waals surface area contributed by atoms with Gasteiger partial charge in [0.05, 0.1) is 6.10 Å². The fraction of sp³-hybridized carbons (Fsp3) is 0.565. The molecule has 0 spiro atoms. The molecule has 166 valence electrons. The van der Waals surface area contributed by atoms with E-state index in [-0.39, 0.29) is 23.5 Å². The number of ether oxygens (including phenoxy) is 1. The first-order chi connectivity index (χ1) is 14.1. The number of fused-ring (bicyclic) bond motifs is 1. The monoisotopic (exact) mass is 418 g/mol. The van der Waals surface area contributed by atoms with Crippen molar-refractivity contribution in [3.63, 3.8) is 0 Å². The van der Waals surface area contributed by atoms with Crippen LogP contribution in [0.4, 0.5) is 0 Å². The lowest BCUT2D eigenvalue weighted by Gasteiger charge is -2.32. The second-order valence-corrected chi connectivity index (χ2v) is 8.71. The summed E-state index contributed by atoms with van der Waals surface area (Å²) in [5.41, 5.74) is 2.07. The van der Waals surface area contributed by atoms with E-state index in [1.807, 2.05) is 45.2 Å². The summed E-state index contributed by atoms with van der Waals surface area (Å²) in [5, 5.41) is 25.3. The number of aryl methyl sites for hydroxylation is 1. The Kier molecular flexibility index (Phi) is 8.58. The standard InChI is InChI=1S/C23H34N2O5/c1-15(26)21(28)20(22(29-5)23(2,3)4)25-30-14-17(27)10-8-9-16-13-24-19-12-7-6-11-18(16)19/h6-7,11-13,15,21-22,24,26,28H,8-10,14H2,1-5H3/b25-20+/t15-,21+,22-/m1/s1. The van der Waals surface area contributed by atoms with Crippen LogP contribution in [0.3, 0.4) is 0 Å². The number of carbonyl (C=O) groups excluding carboxylic acids is 1. The molecule has 0 radical (unpaired) electrons. The van der Waals surface area contributed by atoms with Crippen molar-refractivity contribution >= 4 is 22.4 Å². The number of hydrogen-bond acceptors (Lipinski definition) is 6. The van der Waals surface area contributed by atoms with Gasteiger partial charge in [-0.2, -0.15) is 0 Å². The van der Waals surface area contributed by atoms with Crippen molar-refractivity contribution in [1.82, 2.24) is 4.98 Å². The van der Waals surface area contributed by atoms with E-state index >= 15 is 0 Å². The van der Waals surface area contributed by atoms with Gasteiger partial charge in [0.25, 0.3) is 0 Å². The fourth-order valence-electron chi connectivity index (χ4n) is 3.49. The molecule has 1 heterocycles. The average molecular weight is 419 g/mol. The lowest BCUT2D eigenvalue weighted by Crippen LogP contribution is -2.46. The van der Waals surface area contributed by atoms with Gasteiger partial charge < -0.3 is 24.8 Å². The van der Waals surface area contributed by atoms with Gasteiger partial charge in [0.15, 0.2) is 12.4 Å². The maximum Gasteiger partial charge on any atom is 0.175 e. The first-order valence-electron chi connectivity index (χ1n) is 10.3. The van der Waals surface area contributed by atoms with Crippen molar-refractivity contribution in [2.75, 3.05) is 13.7 Å². The normalized spacial score (nSPS) is 15.8. The highest BCUT2D eigenvalue weighted by atomic mass is 16.6. The van der Waals surface area contributed by atoms with Crippen LogP contribution in [-0.4, -0.2) is 58.7 Å². The average Bonchev–Trinajstić information content (AvgIpc) is 3.09. The number of aromatic amines is 1. The summed E-state index contributed by atoms with van der Waals surface area (Å²) >= 11 is 0. The number of nitrogens with one attached hydrogen (secondary N) is 1. The first-order valence-corrected chi connectivity index (χ1v) is 10.3. The highest BCUT2D eigenvalue weighted by Crippen LogP contribution is 2.25. The first kappa shape index (κ1) is 24.1. The molecular formula is C23H34N2O5. The van der Waals surface area contributed by atoms with Crippen LogP contribution in [-0.2, 0) is 20.8 Å². The van der Waals surface area contributed by atoms with Crippen LogP contribution in [0.5, 0.6) is 0 Å². The molecule has 0 bridgehead atoms. The number of rotatable bonds is 11. The molecule has 2 aromatic rings. The Bertz CT molecular complexity index is 851. The lowest BCUT2D eigenvalue weighted by atomic mass is 9.83. The number of carbonyl (C=O) groups is 1. The van der Waals surface area contributed by atoms with Gasteiger partial charge >= 0.3 is 0 Å². The predicted molar refractivity (Wildman–Crippen MR) is 118 cm³/mol. The van der Waals surface area contributed by atoms with E-state index in [9.17, 15) is 15.0 Å². The molecule has 1 aromatic carbocycles. The molecule has 1 aromatic heterocycles. The van der Waals surface area contributed by atoms with Gasteiger partial charge in [-0.25, -0.2) is 0 Å². The largest absolute Gasteiger partial charge is 0.390 e. The van der Waals surface area contributed by atoms with E-state index in [4.69, 9.17) is 9.57 Å². The van der Waals surface area contributed by atoms with Gasteiger partial charge in [-0.15, -0.1) is 0 Å². The Hall–Kier alpha value is -2.22. The van der Waals surface area contributed by atoms with Crippen LogP contribution in [0.15, 0.2) is 35.6 Å². The molecule has 30 heavy (non-hydrogen) atoms. The van der Waals surface area contributed by atoms with E-state index in [0.29, 0.717) is 12.8 Å². The van der Waals surface area contributed by atoms with Crippen molar-refractivity contribution in [2.45, 2.75) is 65.3 Å². The summed E-state index contributed by atoms with van der Waals surface area (Å²) in [5.74, 6) is -0.0748. The SMILES string of the molecule is CO[C@H](/C(=N/OCC(=O)CCCc1c[nH]c2ccccc12)[C@@H](O)[C@@H](C)O)C(C)(C)C. The van der Waals surface area contributed by atoms with Gasteiger partial charge in [0.1, 0.15) is 17.9 Å². The summed E-state index contributed by atoms with van der Waals surface area (Å²) in [6, 6.07) is 8.08. The van der Waals surface area contributed by atoms with E-state index in [2.05, 4.69) is 16.2 Å². The van der Waals surface area contributed by atoms with Crippen molar-refractivity contribution < 1.29 is 24.6 Å². The number of H-pyrrole nitrogens is 1. The molecule has 0 aliphatic rings. The highest BCUT2D eigenvalue weighted by molar-refractivity contribution is 5.93. The Balaban J connectivity index is 1.91. The number of ketones is 1. The predicted octanol–water partition coefficient (Wildman–Crippen LogP) is 3.24. The van der Waals surface area contributed by atoms with E-state index in [0.717, 1.165) is 11.9 Å². The van der Waals surface area contributed by atoms with E-state index in [1.54, 1.807) is 0 Å². The van der Waals surface area contributed by atoms with E-state index in [1.165, 1.54) is 25.0 Å². The Labute approximate surface area is 178 Å². The molecular weight excluding hydrogens is 384 g/mol. The summed E-state index contributed by atoms with van der Waals surface area (Å²) < 4.78 is 5.48. The number of Topliss-reactive ketones (excluding diaryl/α,β-unsaturated/α-hetero) is 1. The number of aliphatic hydroxyl groups excluding tert-OH is 2. The Morgan fingerprint density at radius 2 is 1.93 bits per heavy atom. The number of hydrogen-bond donors (Lipinski definition) is 3. The van der Waals surface area contributed by atoms with Crippen LogP contribution in [0.1, 0.15) is 46.1 Å². The number of benzene rings is 1. The van der Waals surface area contributed by atoms with Gasteiger partial charge in [-0.3, -0.25) is 4.79 Å². The summed E-state index contributed by atoms with van der Waals surface area (Å²) in [6.45, 7) is 7.07. The van der Waals surface area contributed by atoms with E-state index < -0.39 is 18.3 Å². The summed E-state index contributed by atoms with van der Waals surface area (Å²) in [4.78, 5) is 20.7. The molecule has 0 fully saturated rings. The highest BCUT2D eigenvalue weighted by Gasteiger charge is 2.35. The minimum atomic E-state index is -1.24. The maximum absolute atomic E-state index is 12.2. The number of nitrogens with zero attached hydrogens (tertiary/aromatic N) is 1. The molecule has 0 aliphatic carbocycles. The third-order valence-corrected chi connectivity index (χ3v) is 5.02. The van der Waals surface area contributed by atoms with Gasteiger partial charge in [-0.05, 0) is 36.8 Å². The van der Waals surface area contributed by atoms with Crippen molar-refractivity contribution in [1.29, 1.82) is 0 Å². The summed E-state index contributed by atoms with van der Waals surface area (Å²) in [7, 11) is 1.51. The molecule has 3 atom stereocenters. The number of para-hydroxylation sites is 1. The van der Waals surface area contributed by atoms with Crippen LogP contribution >= 0.6 is 0 Å². The summed E-state index contributed by atoms with van der Waals surface area (Å²) in [6.07, 6.45) is 0.998. The number of aliphatic hydroxyl groups is 2.